The first kappa shape index (κ1) is 19.9. The minimum absolute atomic E-state index is 0.0507. The zero-order valence-corrected chi connectivity index (χ0v) is 16.1. The van der Waals surface area contributed by atoms with Crippen LogP contribution in [0.1, 0.15) is 39.3 Å². The Morgan fingerprint density at radius 1 is 1.27 bits per heavy atom. The number of esters is 1. The molecule has 0 saturated carbocycles. The summed E-state index contributed by atoms with van der Waals surface area (Å²) in [6, 6.07) is 1.77. The number of rotatable bonds is 5. The second-order valence-corrected chi connectivity index (χ2v) is 6.93. The number of carbonyl (C=O) groups excluding carboxylic acids is 2. The minimum atomic E-state index is -0.792. The van der Waals surface area contributed by atoms with Gasteiger partial charge in [0.25, 0.3) is 0 Å². The average molecular weight is 383 g/mol. The number of allylic oxidation sites excluding steroid dienone is 1. The molecule has 7 nitrogen and oxygen atoms in total. The number of carbonyl (C=O) groups is 2. The Morgan fingerprint density at radius 3 is 2.46 bits per heavy atom. The van der Waals surface area contributed by atoms with E-state index in [9.17, 15) is 14.7 Å². The van der Waals surface area contributed by atoms with Crippen molar-refractivity contribution in [1.29, 1.82) is 0 Å². The normalized spacial score (nSPS) is 17.2. The molecular formula is C18H23ClN2O5. The Morgan fingerprint density at radius 2 is 1.92 bits per heavy atom. The van der Waals surface area contributed by atoms with Crippen LogP contribution in [0, 0.1) is 5.92 Å². The van der Waals surface area contributed by atoms with Crippen LogP contribution in [0.3, 0.4) is 0 Å². The predicted octanol–water partition coefficient (Wildman–Crippen LogP) is 3.27. The molecular weight excluding hydrogens is 360 g/mol. The van der Waals surface area contributed by atoms with E-state index in [4.69, 9.17) is 21.1 Å². The number of urea groups is 1. The van der Waals surface area contributed by atoms with Crippen LogP contribution in [0.2, 0.25) is 5.02 Å². The number of hydrogen-bond acceptors (Lipinski definition) is 5. The first-order valence-electron chi connectivity index (χ1n) is 8.24. The van der Waals surface area contributed by atoms with E-state index in [0.717, 1.165) is 0 Å². The number of hydrogen-bond donors (Lipinski definition) is 3. The summed E-state index contributed by atoms with van der Waals surface area (Å²) in [5.74, 6) is -0.724. The lowest BCUT2D eigenvalue weighted by Gasteiger charge is -2.31. The van der Waals surface area contributed by atoms with Crippen molar-refractivity contribution >= 4 is 23.6 Å². The van der Waals surface area contributed by atoms with E-state index in [1.54, 1.807) is 13.8 Å². The van der Waals surface area contributed by atoms with Crippen LogP contribution in [-0.2, 0) is 9.53 Å². The van der Waals surface area contributed by atoms with Gasteiger partial charge in [0.15, 0.2) is 11.5 Å². The molecule has 8 heteroatoms. The summed E-state index contributed by atoms with van der Waals surface area (Å²) in [4.78, 5) is 24.9. The SMILES string of the molecule is COc1cc(C2NC(=O)NC(C(C)C)=C2C(=O)OC(C)C)cc(Cl)c1O. The van der Waals surface area contributed by atoms with E-state index >= 15 is 0 Å². The molecule has 0 spiro atoms. The maximum atomic E-state index is 12.7. The molecule has 142 valence electrons. The van der Waals surface area contributed by atoms with Crippen molar-refractivity contribution in [1.82, 2.24) is 10.6 Å². The van der Waals surface area contributed by atoms with Gasteiger partial charge in [-0.3, -0.25) is 0 Å². The summed E-state index contributed by atoms with van der Waals surface area (Å²) in [7, 11) is 1.39. The highest BCUT2D eigenvalue weighted by Crippen LogP contribution is 2.39. The molecule has 26 heavy (non-hydrogen) atoms. The molecule has 0 fully saturated rings. The fourth-order valence-electron chi connectivity index (χ4n) is 2.71. The number of benzene rings is 1. The van der Waals surface area contributed by atoms with Gasteiger partial charge >= 0.3 is 12.0 Å². The number of amides is 2. The lowest BCUT2D eigenvalue weighted by molar-refractivity contribution is -0.143. The fraction of sp³-hybridized carbons (Fsp3) is 0.444. The topological polar surface area (TPSA) is 96.9 Å². The molecule has 1 aromatic carbocycles. The fourth-order valence-corrected chi connectivity index (χ4v) is 2.93. The zero-order chi connectivity index (χ0) is 19.6. The maximum Gasteiger partial charge on any atom is 0.338 e. The second kappa shape index (κ2) is 7.86. The Labute approximate surface area is 157 Å². The van der Waals surface area contributed by atoms with Gasteiger partial charge in [-0.2, -0.15) is 0 Å². The third-order valence-electron chi connectivity index (χ3n) is 3.85. The van der Waals surface area contributed by atoms with Gasteiger partial charge in [-0.25, -0.2) is 9.59 Å². The highest BCUT2D eigenvalue weighted by Gasteiger charge is 2.35. The van der Waals surface area contributed by atoms with Crippen molar-refractivity contribution in [3.05, 3.63) is 34.0 Å². The number of nitrogens with one attached hydrogen (secondary N) is 2. The van der Waals surface area contributed by atoms with Gasteiger partial charge < -0.3 is 25.2 Å². The molecule has 3 N–H and O–H groups in total. The minimum Gasteiger partial charge on any atom is -0.503 e. The predicted molar refractivity (Wildman–Crippen MR) is 97.2 cm³/mol. The van der Waals surface area contributed by atoms with Crippen LogP contribution in [0.25, 0.3) is 0 Å². The molecule has 2 amide bonds. The van der Waals surface area contributed by atoms with Gasteiger partial charge in [-0.1, -0.05) is 25.4 Å². The summed E-state index contributed by atoms with van der Waals surface area (Å²) in [5.41, 5.74) is 1.26. The smallest absolute Gasteiger partial charge is 0.338 e. The van der Waals surface area contributed by atoms with Crippen molar-refractivity contribution in [3.8, 4) is 11.5 Å². The van der Waals surface area contributed by atoms with E-state index in [0.29, 0.717) is 11.3 Å². The third-order valence-corrected chi connectivity index (χ3v) is 4.13. The van der Waals surface area contributed by atoms with Crippen molar-refractivity contribution in [2.75, 3.05) is 7.11 Å². The van der Waals surface area contributed by atoms with Gasteiger partial charge in [0.05, 0.1) is 29.9 Å². The van der Waals surface area contributed by atoms with Crippen LogP contribution in [-0.4, -0.2) is 30.3 Å². The van der Waals surface area contributed by atoms with Crippen LogP contribution < -0.4 is 15.4 Å². The lowest BCUT2D eigenvalue weighted by atomic mass is 9.91. The maximum absolute atomic E-state index is 12.7. The van der Waals surface area contributed by atoms with Crippen molar-refractivity contribution in [3.63, 3.8) is 0 Å². The first-order chi connectivity index (χ1) is 12.1. The molecule has 1 aliphatic heterocycles. The van der Waals surface area contributed by atoms with Crippen LogP contribution in [0.4, 0.5) is 4.79 Å². The van der Waals surface area contributed by atoms with Crippen LogP contribution in [0.15, 0.2) is 23.4 Å². The Kier molecular flexibility index (Phi) is 6.02. The van der Waals surface area contributed by atoms with Crippen molar-refractivity contribution in [2.45, 2.75) is 39.8 Å². The van der Waals surface area contributed by atoms with Gasteiger partial charge in [0, 0.05) is 5.70 Å². The Balaban J connectivity index is 2.63. The molecule has 0 aliphatic carbocycles. The average Bonchev–Trinajstić information content (AvgIpc) is 2.55. The molecule has 0 saturated heterocycles. The van der Waals surface area contributed by atoms with Crippen molar-refractivity contribution < 1.29 is 24.2 Å². The first-order valence-corrected chi connectivity index (χ1v) is 8.62. The van der Waals surface area contributed by atoms with Gasteiger partial charge in [-0.15, -0.1) is 0 Å². The molecule has 0 bridgehead atoms. The standard InChI is InChI=1S/C18H23ClN2O5/c1-8(2)14-13(17(23)26-9(3)4)15(21-18(24)20-14)10-6-11(19)16(22)12(7-10)25-5/h6-9,15,22H,1-5H3,(H2,20,21,24). The van der Waals surface area contributed by atoms with E-state index in [-0.39, 0.29) is 34.1 Å². The van der Waals surface area contributed by atoms with E-state index in [1.807, 2.05) is 13.8 Å². The monoisotopic (exact) mass is 382 g/mol. The lowest BCUT2D eigenvalue weighted by Crippen LogP contribution is -2.47. The number of phenolic OH excluding ortho intramolecular Hbond substituents is 1. The van der Waals surface area contributed by atoms with Gasteiger partial charge in [0.1, 0.15) is 0 Å². The molecule has 1 aliphatic rings. The summed E-state index contributed by atoms with van der Waals surface area (Å²) in [5, 5.41) is 15.4. The highest BCUT2D eigenvalue weighted by molar-refractivity contribution is 6.32. The molecule has 1 unspecified atom stereocenters. The quantitative estimate of drug-likeness (QED) is 0.679. The summed E-state index contributed by atoms with van der Waals surface area (Å²) in [6.45, 7) is 7.23. The van der Waals surface area contributed by atoms with E-state index in [1.165, 1.54) is 19.2 Å². The summed E-state index contributed by atoms with van der Waals surface area (Å²) >= 11 is 6.07. The van der Waals surface area contributed by atoms with Crippen molar-refractivity contribution in [2.24, 2.45) is 5.92 Å². The number of methoxy groups -OCH3 is 1. The van der Waals surface area contributed by atoms with Crippen LogP contribution in [0.5, 0.6) is 11.5 Å². The number of ether oxygens (including phenoxy) is 2. The molecule has 1 heterocycles. The molecule has 1 aromatic rings. The summed E-state index contributed by atoms with van der Waals surface area (Å²) < 4.78 is 10.5. The van der Waals surface area contributed by atoms with Gasteiger partial charge in [-0.05, 0) is 37.5 Å². The molecule has 2 rings (SSSR count). The van der Waals surface area contributed by atoms with E-state index < -0.39 is 18.0 Å². The third kappa shape index (κ3) is 4.04. The molecule has 0 aromatic heterocycles. The molecule has 1 atom stereocenters. The second-order valence-electron chi connectivity index (χ2n) is 6.52. The highest BCUT2D eigenvalue weighted by atomic mass is 35.5. The largest absolute Gasteiger partial charge is 0.503 e. The number of halogens is 1. The Hall–Kier alpha value is -2.41. The number of aromatic hydroxyl groups is 1. The van der Waals surface area contributed by atoms with Crippen LogP contribution >= 0.6 is 11.6 Å². The zero-order valence-electron chi connectivity index (χ0n) is 15.3. The van der Waals surface area contributed by atoms with E-state index in [2.05, 4.69) is 10.6 Å². The Bertz CT molecular complexity index is 758. The summed E-state index contributed by atoms with van der Waals surface area (Å²) in [6.07, 6.45) is -0.320. The number of phenols is 1. The van der Waals surface area contributed by atoms with Gasteiger partial charge in [0.2, 0.25) is 0 Å². The molecule has 0 radical (unpaired) electrons.